The topological polar surface area (TPSA) is 150 Å². The van der Waals surface area contributed by atoms with E-state index < -0.39 is 47.1 Å². The van der Waals surface area contributed by atoms with Crippen LogP contribution in [-0.4, -0.2) is 73.1 Å². The second-order valence-electron chi connectivity index (χ2n) is 4.27. The average Bonchev–Trinajstić information content (AvgIpc) is 2.32. The number of hydrogen-bond donors (Lipinski definition) is 5. The van der Waals surface area contributed by atoms with Crippen LogP contribution in [0, 0.1) is 0 Å². The third kappa shape index (κ3) is 5.74. The van der Waals surface area contributed by atoms with Gasteiger partial charge in [0.25, 0.3) is 0 Å². The van der Waals surface area contributed by atoms with Gasteiger partial charge < -0.3 is 26.4 Å². The van der Waals surface area contributed by atoms with E-state index in [2.05, 4.69) is 5.32 Å². The van der Waals surface area contributed by atoms with E-state index in [1.165, 1.54) is 0 Å². The summed E-state index contributed by atoms with van der Waals surface area (Å²) < 4.78 is 21.8. The largest absolute Gasteiger partial charge is 0.394 e. The molecule has 0 bridgehead atoms. The summed E-state index contributed by atoms with van der Waals surface area (Å²) in [7, 11) is -3.22. The van der Waals surface area contributed by atoms with Gasteiger partial charge in [0.2, 0.25) is 5.91 Å². The Hall–Kier alpha value is -0.740. The van der Waals surface area contributed by atoms with Crippen molar-refractivity contribution in [2.75, 3.05) is 31.8 Å². The lowest BCUT2D eigenvalue weighted by molar-refractivity contribution is -0.126. The number of carbonyl (C=O) groups is 1. The minimum atomic E-state index is -3.22. The van der Waals surface area contributed by atoms with Gasteiger partial charge in [0, 0.05) is 6.26 Å². The summed E-state index contributed by atoms with van der Waals surface area (Å²) in [5, 5.41) is 29.2. The highest BCUT2D eigenvalue weighted by atomic mass is 32.2. The van der Waals surface area contributed by atoms with Crippen LogP contribution in [0.4, 0.5) is 0 Å². The van der Waals surface area contributed by atoms with E-state index in [0.717, 1.165) is 6.26 Å². The fourth-order valence-electron chi connectivity index (χ4n) is 1.09. The maximum atomic E-state index is 11.6. The first-order chi connectivity index (χ1) is 8.19. The molecule has 0 aromatic carbocycles. The Morgan fingerprint density at radius 3 is 2.06 bits per heavy atom. The predicted molar refractivity (Wildman–Crippen MR) is 64.4 cm³/mol. The lowest BCUT2D eigenvalue weighted by Crippen LogP contribution is -2.60. The van der Waals surface area contributed by atoms with Crippen LogP contribution in [0.3, 0.4) is 0 Å². The van der Waals surface area contributed by atoms with Gasteiger partial charge in [0.1, 0.15) is 15.4 Å². The number of hydrogen-bond acceptors (Lipinski definition) is 7. The molecule has 6 N–H and O–H groups in total. The lowest BCUT2D eigenvalue weighted by atomic mass is 10.0. The molecule has 0 aliphatic heterocycles. The fourth-order valence-corrected chi connectivity index (χ4v) is 1.78. The van der Waals surface area contributed by atoms with Gasteiger partial charge in [-0.15, -0.1) is 0 Å². The van der Waals surface area contributed by atoms with E-state index in [0.29, 0.717) is 0 Å². The molecule has 0 heterocycles. The third-order valence-corrected chi connectivity index (χ3v) is 3.41. The van der Waals surface area contributed by atoms with E-state index in [1.54, 1.807) is 0 Å². The standard InChI is InChI=1S/C9H20N2O6S/c1-18(16,17)3-2-7(10)8(15)11-9(4-12,5-13)6-14/h7,12-14H,2-6,10H2,1H3,(H,11,15). The van der Waals surface area contributed by atoms with Gasteiger partial charge in [-0.1, -0.05) is 0 Å². The molecule has 0 aromatic rings. The van der Waals surface area contributed by atoms with Crippen molar-refractivity contribution >= 4 is 15.7 Å². The highest BCUT2D eigenvalue weighted by Crippen LogP contribution is 2.03. The van der Waals surface area contributed by atoms with Gasteiger partial charge in [0.15, 0.2) is 0 Å². The van der Waals surface area contributed by atoms with Crippen molar-refractivity contribution in [3.8, 4) is 0 Å². The Kier molecular flexibility index (Phi) is 6.71. The second-order valence-corrected chi connectivity index (χ2v) is 6.53. The SMILES string of the molecule is CS(=O)(=O)CCC(N)C(=O)NC(CO)(CO)CO. The number of nitrogens with two attached hydrogens (primary N) is 1. The number of carbonyl (C=O) groups excluding carboxylic acids is 1. The molecule has 0 aromatic heterocycles. The van der Waals surface area contributed by atoms with Crippen LogP contribution in [0.25, 0.3) is 0 Å². The number of amides is 1. The van der Waals surface area contributed by atoms with Crippen molar-refractivity contribution in [3.63, 3.8) is 0 Å². The van der Waals surface area contributed by atoms with Crippen molar-refractivity contribution in [3.05, 3.63) is 0 Å². The zero-order chi connectivity index (χ0) is 14.4. The fraction of sp³-hybridized carbons (Fsp3) is 0.889. The summed E-state index contributed by atoms with van der Waals surface area (Å²) in [6, 6.07) is -1.09. The Bertz CT molecular complexity index is 357. The number of aliphatic hydroxyl groups is 3. The van der Waals surface area contributed by atoms with E-state index in [1.807, 2.05) is 0 Å². The molecule has 108 valence electrons. The minimum absolute atomic E-state index is 0.0803. The molecule has 1 atom stereocenters. The van der Waals surface area contributed by atoms with Crippen LogP contribution in [0.2, 0.25) is 0 Å². The number of rotatable bonds is 8. The zero-order valence-corrected chi connectivity index (χ0v) is 11.0. The van der Waals surface area contributed by atoms with Crippen molar-refractivity contribution in [2.45, 2.75) is 18.0 Å². The summed E-state index contributed by atoms with van der Waals surface area (Å²) in [6.45, 7) is -1.99. The Morgan fingerprint density at radius 1 is 1.28 bits per heavy atom. The van der Waals surface area contributed by atoms with Crippen LogP contribution in [0.5, 0.6) is 0 Å². The van der Waals surface area contributed by atoms with Crippen LogP contribution >= 0.6 is 0 Å². The van der Waals surface area contributed by atoms with E-state index >= 15 is 0 Å². The Balaban J connectivity index is 4.47. The van der Waals surface area contributed by atoms with Gasteiger partial charge in [-0.05, 0) is 6.42 Å². The molecule has 9 heteroatoms. The summed E-state index contributed by atoms with van der Waals surface area (Å²) in [5.74, 6) is -0.984. The predicted octanol–water partition coefficient (Wildman–Crippen LogP) is -3.42. The summed E-state index contributed by atoms with van der Waals surface area (Å²) in [6.07, 6.45) is 0.945. The van der Waals surface area contributed by atoms with E-state index in [-0.39, 0.29) is 12.2 Å². The van der Waals surface area contributed by atoms with Gasteiger partial charge >= 0.3 is 0 Å². The molecule has 0 aliphatic carbocycles. The Labute approximate surface area is 106 Å². The molecular formula is C9H20N2O6S. The zero-order valence-electron chi connectivity index (χ0n) is 10.2. The second kappa shape index (κ2) is 7.00. The molecule has 0 spiro atoms. The highest BCUT2D eigenvalue weighted by molar-refractivity contribution is 7.90. The van der Waals surface area contributed by atoms with Gasteiger partial charge in [0.05, 0.1) is 31.6 Å². The van der Waals surface area contributed by atoms with Gasteiger partial charge in [-0.2, -0.15) is 0 Å². The molecule has 0 radical (unpaired) electrons. The first kappa shape index (κ1) is 17.3. The first-order valence-electron chi connectivity index (χ1n) is 5.27. The maximum absolute atomic E-state index is 11.6. The van der Waals surface area contributed by atoms with Crippen molar-refractivity contribution in [1.82, 2.24) is 5.32 Å². The van der Waals surface area contributed by atoms with Crippen LogP contribution < -0.4 is 11.1 Å². The van der Waals surface area contributed by atoms with E-state index in [4.69, 9.17) is 21.1 Å². The highest BCUT2D eigenvalue weighted by Gasteiger charge is 2.31. The number of sulfone groups is 1. The minimum Gasteiger partial charge on any atom is -0.394 e. The quantitative estimate of drug-likeness (QED) is 0.311. The molecule has 0 aliphatic rings. The molecule has 0 rings (SSSR count). The summed E-state index contributed by atoms with van der Waals surface area (Å²) in [5.41, 5.74) is 3.92. The van der Waals surface area contributed by atoms with Crippen molar-refractivity contribution < 1.29 is 28.5 Å². The molecule has 0 saturated carbocycles. The summed E-state index contributed by atoms with van der Waals surface area (Å²) >= 11 is 0. The normalized spacial score (nSPS) is 14.3. The first-order valence-corrected chi connectivity index (χ1v) is 7.33. The van der Waals surface area contributed by atoms with Crippen molar-refractivity contribution in [2.24, 2.45) is 5.73 Å². The van der Waals surface area contributed by atoms with Crippen LogP contribution in [0.1, 0.15) is 6.42 Å². The molecule has 0 fully saturated rings. The maximum Gasteiger partial charge on any atom is 0.237 e. The molecule has 18 heavy (non-hydrogen) atoms. The monoisotopic (exact) mass is 284 g/mol. The Morgan fingerprint density at radius 2 is 1.72 bits per heavy atom. The molecule has 8 nitrogen and oxygen atoms in total. The third-order valence-electron chi connectivity index (χ3n) is 2.43. The molecule has 1 unspecified atom stereocenters. The smallest absolute Gasteiger partial charge is 0.237 e. The number of nitrogens with one attached hydrogen (secondary N) is 1. The summed E-state index contributed by atoms with van der Waals surface area (Å²) in [4.78, 5) is 11.6. The average molecular weight is 284 g/mol. The van der Waals surface area contributed by atoms with Crippen LogP contribution in [0.15, 0.2) is 0 Å². The molecule has 1 amide bonds. The lowest BCUT2D eigenvalue weighted by Gasteiger charge is -2.29. The van der Waals surface area contributed by atoms with Gasteiger partial charge in [-0.3, -0.25) is 4.79 Å². The van der Waals surface area contributed by atoms with Gasteiger partial charge in [-0.25, -0.2) is 8.42 Å². The van der Waals surface area contributed by atoms with E-state index in [9.17, 15) is 13.2 Å². The number of aliphatic hydroxyl groups excluding tert-OH is 3. The molecular weight excluding hydrogens is 264 g/mol. The van der Waals surface area contributed by atoms with Crippen molar-refractivity contribution in [1.29, 1.82) is 0 Å². The molecule has 0 saturated heterocycles. The van der Waals surface area contributed by atoms with Crippen LogP contribution in [-0.2, 0) is 14.6 Å².